The highest BCUT2D eigenvalue weighted by Crippen LogP contribution is 2.17. The van der Waals surface area contributed by atoms with Crippen LogP contribution in [0.1, 0.15) is 23.2 Å². The van der Waals surface area contributed by atoms with E-state index in [4.69, 9.17) is 14.2 Å². The largest absolute Gasteiger partial charge is 0.491 e. The normalized spacial score (nSPS) is 16.1. The molecule has 1 unspecified atom stereocenters. The van der Waals surface area contributed by atoms with Gasteiger partial charge in [0.05, 0.1) is 11.7 Å². The van der Waals surface area contributed by atoms with E-state index in [0.29, 0.717) is 23.6 Å². The van der Waals surface area contributed by atoms with Crippen LogP contribution in [-0.4, -0.2) is 37.8 Å². The van der Waals surface area contributed by atoms with E-state index in [-0.39, 0.29) is 18.6 Å². The average Bonchev–Trinajstić information content (AvgIpc) is 3.19. The summed E-state index contributed by atoms with van der Waals surface area (Å²) < 4.78 is 16.2. The Morgan fingerprint density at radius 1 is 1.08 bits per heavy atom. The number of para-hydroxylation sites is 1. The summed E-state index contributed by atoms with van der Waals surface area (Å²) in [5, 5.41) is 2.65. The Balaban J connectivity index is 1.43. The highest BCUT2D eigenvalue weighted by atomic mass is 16.5. The fourth-order valence-corrected chi connectivity index (χ4v) is 2.59. The number of anilines is 1. The van der Waals surface area contributed by atoms with Crippen molar-refractivity contribution in [2.75, 3.05) is 25.1 Å². The number of hydrogen-bond acceptors (Lipinski definition) is 5. The zero-order chi connectivity index (χ0) is 18.2. The molecule has 1 heterocycles. The number of benzene rings is 2. The van der Waals surface area contributed by atoms with Crippen LogP contribution in [0.2, 0.25) is 0 Å². The van der Waals surface area contributed by atoms with Gasteiger partial charge in [-0.25, -0.2) is 4.79 Å². The number of ether oxygens (including phenoxy) is 3. The van der Waals surface area contributed by atoms with Gasteiger partial charge in [0.15, 0.2) is 6.61 Å². The first-order valence-electron chi connectivity index (χ1n) is 8.57. The Labute approximate surface area is 152 Å². The van der Waals surface area contributed by atoms with E-state index in [1.165, 1.54) is 0 Å². The molecule has 1 N–H and O–H groups in total. The van der Waals surface area contributed by atoms with Crippen LogP contribution in [0, 0.1) is 0 Å². The van der Waals surface area contributed by atoms with E-state index in [1.807, 2.05) is 18.2 Å². The Bertz CT molecular complexity index is 724. The Morgan fingerprint density at radius 2 is 1.85 bits per heavy atom. The molecule has 2 aromatic carbocycles. The van der Waals surface area contributed by atoms with Gasteiger partial charge in [0.25, 0.3) is 5.91 Å². The summed E-state index contributed by atoms with van der Waals surface area (Å²) in [6, 6.07) is 15.6. The van der Waals surface area contributed by atoms with Crippen LogP contribution in [-0.2, 0) is 14.3 Å². The third kappa shape index (κ3) is 5.32. The maximum absolute atomic E-state index is 12.0. The SMILES string of the molecule is O=C(COC(=O)c1ccc(OCC2CCCO2)cc1)Nc1ccccc1. The molecular weight excluding hydrogens is 334 g/mol. The fourth-order valence-electron chi connectivity index (χ4n) is 2.59. The number of carbonyl (C=O) groups excluding carboxylic acids is 2. The van der Waals surface area contributed by atoms with Crippen molar-refractivity contribution in [2.45, 2.75) is 18.9 Å². The van der Waals surface area contributed by atoms with Gasteiger partial charge in [0.2, 0.25) is 0 Å². The summed E-state index contributed by atoms with van der Waals surface area (Å²) in [5.74, 6) is -0.279. The highest BCUT2D eigenvalue weighted by molar-refractivity contribution is 5.95. The molecule has 26 heavy (non-hydrogen) atoms. The Kier molecular flexibility index (Phi) is 6.22. The van der Waals surface area contributed by atoms with Crippen molar-refractivity contribution < 1.29 is 23.8 Å². The van der Waals surface area contributed by atoms with Crippen LogP contribution < -0.4 is 10.1 Å². The molecule has 1 aliphatic rings. The molecule has 1 atom stereocenters. The molecule has 6 nitrogen and oxygen atoms in total. The molecule has 0 saturated carbocycles. The van der Waals surface area contributed by atoms with E-state index in [2.05, 4.69) is 5.32 Å². The smallest absolute Gasteiger partial charge is 0.338 e. The highest BCUT2D eigenvalue weighted by Gasteiger charge is 2.16. The molecule has 1 saturated heterocycles. The van der Waals surface area contributed by atoms with Crippen LogP contribution in [0.25, 0.3) is 0 Å². The van der Waals surface area contributed by atoms with E-state index in [0.717, 1.165) is 19.4 Å². The summed E-state index contributed by atoms with van der Waals surface area (Å²) >= 11 is 0. The minimum Gasteiger partial charge on any atom is -0.491 e. The molecule has 0 aromatic heterocycles. The lowest BCUT2D eigenvalue weighted by Gasteiger charge is -2.11. The van der Waals surface area contributed by atoms with Crippen LogP contribution in [0.5, 0.6) is 5.75 Å². The maximum atomic E-state index is 12.0. The summed E-state index contributed by atoms with van der Waals surface area (Å²) in [6.45, 7) is 0.950. The van der Waals surface area contributed by atoms with Crippen molar-refractivity contribution >= 4 is 17.6 Å². The molecule has 0 spiro atoms. The van der Waals surface area contributed by atoms with E-state index in [1.54, 1.807) is 36.4 Å². The van der Waals surface area contributed by atoms with Crippen molar-refractivity contribution in [3.05, 3.63) is 60.2 Å². The van der Waals surface area contributed by atoms with Gasteiger partial charge >= 0.3 is 5.97 Å². The van der Waals surface area contributed by atoms with E-state index >= 15 is 0 Å². The molecule has 1 aliphatic heterocycles. The summed E-state index contributed by atoms with van der Waals surface area (Å²) in [7, 11) is 0. The van der Waals surface area contributed by atoms with Crippen molar-refractivity contribution in [1.82, 2.24) is 0 Å². The van der Waals surface area contributed by atoms with Gasteiger partial charge in [-0.05, 0) is 49.2 Å². The van der Waals surface area contributed by atoms with Crippen LogP contribution in [0.15, 0.2) is 54.6 Å². The quantitative estimate of drug-likeness (QED) is 0.773. The van der Waals surface area contributed by atoms with Gasteiger partial charge in [-0.1, -0.05) is 18.2 Å². The summed E-state index contributed by atoms with van der Waals surface area (Å²) in [5.41, 5.74) is 1.02. The Morgan fingerprint density at radius 3 is 2.54 bits per heavy atom. The summed E-state index contributed by atoms with van der Waals surface area (Å²) in [6.07, 6.45) is 2.22. The third-order valence-electron chi connectivity index (χ3n) is 3.94. The molecule has 6 heteroatoms. The van der Waals surface area contributed by atoms with Crippen LogP contribution in [0.3, 0.4) is 0 Å². The number of carbonyl (C=O) groups is 2. The van der Waals surface area contributed by atoms with Gasteiger partial charge in [-0.3, -0.25) is 4.79 Å². The predicted molar refractivity (Wildman–Crippen MR) is 96.3 cm³/mol. The molecule has 0 radical (unpaired) electrons. The number of hydrogen-bond donors (Lipinski definition) is 1. The van der Waals surface area contributed by atoms with Crippen molar-refractivity contribution in [3.8, 4) is 5.75 Å². The monoisotopic (exact) mass is 355 g/mol. The summed E-state index contributed by atoms with van der Waals surface area (Å²) in [4.78, 5) is 23.8. The standard InChI is InChI=1S/C20H21NO5/c22-19(21-16-5-2-1-3-6-16)14-26-20(23)15-8-10-17(11-9-15)25-13-18-7-4-12-24-18/h1-3,5-6,8-11,18H,4,7,12-14H2,(H,21,22). The lowest BCUT2D eigenvalue weighted by Crippen LogP contribution is -2.20. The van der Waals surface area contributed by atoms with Crippen molar-refractivity contribution in [1.29, 1.82) is 0 Å². The second kappa shape index (κ2) is 9.01. The Hall–Kier alpha value is -2.86. The van der Waals surface area contributed by atoms with Gasteiger partial charge in [0.1, 0.15) is 12.4 Å². The van der Waals surface area contributed by atoms with E-state index < -0.39 is 5.97 Å². The minimum absolute atomic E-state index is 0.141. The minimum atomic E-state index is -0.557. The molecule has 2 aromatic rings. The molecule has 3 rings (SSSR count). The number of amides is 1. The van der Waals surface area contributed by atoms with Gasteiger partial charge in [-0.15, -0.1) is 0 Å². The fraction of sp³-hybridized carbons (Fsp3) is 0.300. The van der Waals surface area contributed by atoms with Crippen LogP contribution in [0.4, 0.5) is 5.69 Å². The molecule has 1 amide bonds. The number of esters is 1. The average molecular weight is 355 g/mol. The maximum Gasteiger partial charge on any atom is 0.338 e. The first-order valence-corrected chi connectivity index (χ1v) is 8.57. The molecule has 1 fully saturated rings. The number of rotatable bonds is 7. The lowest BCUT2D eigenvalue weighted by atomic mass is 10.2. The predicted octanol–water partition coefficient (Wildman–Crippen LogP) is 3.04. The first kappa shape index (κ1) is 17.9. The molecule has 0 bridgehead atoms. The second-order valence-electron chi connectivity index (χ2n) is 5.96. The number of nitrogens with one attached hydrogen (secondary N) is 1. The molecule has 0 aliphatic carbocycles. The zero-order valence-corrected chi connectivity index (χ0v) is 14.4. The van der Waals surface area contributed by atoms with Gasteiger partial charge in [0, 0.05) is 12.3 Å². The molecule has 136 valence electrons. The topological polar surface area (TPSA) is 73.9 Å². The van der Waals surface area contributed by atoms with Crippen molar-refractivity contribution in [2.24, 2.45) is 0 Å². The van der Waals surface area contributed by atoms with Gasteiger partial charge < -0.3 is 19.5 Å². The van der Waals surface area contributed by atoms with Crippen molar-refractivity contribution in [3.63, 3.8) is 0 Å². The van der Waals surface area contributed by atoms with Gasteiger partial charge in [-0.2, -0.15) is 0 Å². The van der Waals surface area contributed by atoms with Crippen LogP contribution >= 0.6 is 0 Å². The zero-order valence-electron chi connectivity index (χ0n) is 14.4. The first-order chi connectivity index (χ1) is 12.7. The lowest BCUT2D eigenvalue weighted by molar-refractivity contribution is -0.119. The van der Waals surface area contributed by atoms with E-state index in [9.17, 15) is 9.59 Å². The third-order valence-corrected chi connectivity index (χ3v) is 3.94. The molecular formula is C20H21NO5. The second-order valence-corrected chi connectivity index (χ2v) is 5.96.